The summed E-state index contributed by atoms with van der Waals surface area (Å²) in [5.74, 6) is 0.185. The molecule has 0 aromatic carbocycles. The van der Waals surface area contributed by atoms with E-state index in [1.54, 1.807) is 6.20 Å². The monoisotopic (exact) mass is 343 g/mol. The normalized spacial score (nSPS) is 31.8. The fraction of sp³-hybridized carbons (Fsp3) is 0.611. The maximum absolute atomic E-state index is 12.5. The van der Waals surface area contributed by atoms with Gasteiger partial charge in [0.05, 0.1) is 24.3 Å². The van der Waals surface area contributed by atoms with Gasteiger partial charge in [0.25, 0.3) is 0 Å². The molecular weight excluding hydrogens is 318 g/mol. The first-order valence-corrected chi connectivity index (χ1v) is 9.20. The highest BCUT2D eigenvalue weighted by Crippen LogP contribution is 2.34. The van der Waals surface area contributed by atoms with E-state index in [9.17, 15) is 9.59 Å². The Morgan fingerprint density at radius 2 is 2.16 bits per heavy atom. The summed E-state index contributed by atoms with van der Waals surface area (Å²) < 4.78 is 0. The Morgan fingerprint density at radius 1 is 1.28 bits per heavy atom. The van der Waals surface area contributed by atoms with Crippen molar-refractivity contribution in [2.24, 2.45) is 11.8 Å². The number of carbonyl (C=O) groups is 2. The molecule has 3 heterocycles. The van der Waals surface area contributed by atoms with E-state index in [1.807, 2.05) is 23.1 Å². The van der Waals surface area contributed by atoms with Crippen LogP contribution in [0.5, 0.6) is 0 Å². The van der Waals surface area contributed by atoms with E-state index in [4.69, 9.17) is 0 Å². The number of rotatable bonds is 4. The Morgan fingerprint density at radius 3 is 3.00 bits per heavy atom. The van der Waals surface area contributed by atoms with Crippen LogP contribution in [-0.4, -0.2) is 40.5 Å². The summed E-state index contributed by atoms with van der Waals surface area (Å²) in [4.78, 5) is 31.0. The van der Waals surface area contributed by atoms with Crippen LogP contribution in [0.25, 0.3) is 0 Å². The molecule has 1 aliphatic carbocycles. The summed E-state index contributed by atoms with van der Waals surface area (Å²) in [7, 11) is 0. The minimum atomic E-state index is -0.277. The third kappa shape index (κ3) is 3.39. The third-order valence-corrected chi connectivity index (χ3v) is 5.68. The van der Waals surface area contributed by atoms with Gasteiger partial charge in [-0.3, -0.25) is 20.0 Å². The third-order valence-electron chi connectivity index (χ3n) is 5.68. The molecule has 0 bridgehead atoms. The fourth-order valence-corrected chi connectivity index (χ4v) is 4.33. The van der Waals surface area contributed by atoms with Gasteiger partial charge in [-0.1, -0.05) is 18.9 Å². The Hall–Kier alpha value is -1.99. The highest BCUT2D eigenvalue weighted by molar-refractivity contribution is 5.89. The molecule has 1 saturated carbocycles. The Labute approximate surface area is 147 Å². The van der Waals surface area contributed by atoms with Gasteiger partial charge in [-0.05, 0) is 25.0 Å². The molecule has 7 heteroatoms. The number of hydrazine groups is 1. The lowest BCUT2D eigenvalue weighted by atomic mass is 9.84. The number of aromatic nitrogens is 1. The van der Waals surface area contributed by atoms with Crippen molar-refractivity contribution in [2.45, 2.75) is 50.9 Å². The first kappa shape index (κ1) is 16.5. The van der Waals surface area contributed by atoms with E-state index < -0.39 is 0 Å². The molecule has 4 atom stereocenters. The van der Waals surface area contributed by atoms with Crippen molar-refractivity contribution in [3.05, 3.63) is 30.1 Å². The van der Waals surface area contributed by atoms with Gasteiger partial charge < -0.3 is 10.2 Å². The van der Waals surface area contributed by atoms with Crippen LogP contribution in [-0.2, 0) is 16.1 Å². The molecule has 1 aromatic heterocycles. The smallest absolute Gasteiger partial charge is 0.225 e. The highest BCUT2D eigenvalue weighted by Gasteiger charge is 2.46. The molecule has 4 unspecified atom stereocenters. The Balaban J connectivity index is 1.34. The molecule has 0 radical (unpaired) electrons. The van der Waals surface area contributed by atoms with Gasteiger partial charge in [-0.2, -0.15) is 0 Å². The molecule has 4 rings (SSSR count). The van der Waals surface area contributed by atoms with Crippen LogP contribution in [0.4, 0.5) is 0 Å². The molecular formula is C18H25N5O2. The standard InChI is InChI=1S/C18H25N5O2/c24-16-9-12(18(25)20-10-13-5-3-4-8-19-13)11-23(16)17-14-6-1-2-7-15(14)21-22-17/h3-5,8,12,14-15,17,21-22H,1-2,6-7,9-11H2,(H,20,25). The second-order valence-electron chi connectivity index (χ2n) is 7.27. The molecule has 134 valence electrons. The molecule has 3 fully saturated rings. The van der Waals surface area contributed by atoms with Crippen molar-refractivity contribution in [1.29, 1.82) is 0 Å². The fourth-order valence-electron chi connectivity index (χ4n) is 4.33. The van der Waals surface area contributed by atoms with Gasteiger partial charge in [0.2, 0.25) is 11.8 Å². The van der Waals surface area contributed by atoms with Crippen LogP contribution in [0.2, 0.25) is 0 Å². The quantitative estimate of drug-likeness (QED) is 0.743. The summed E-state index contributed by atoms with van der Waals surface area (Å²) in [6.45, 7) is 0.897. The van der Waals surface area contributed by atoms with Gasteiger partial charge in [0, 0.05) is 31.1 Å². The average molecular weight is 343 g/mol. The van der Waals surface area contributed by atoms with Crippen molar-refractivity contribution in [3.8, 4) is 0 Å². The van der Waals surface area contributed by atoms with Crippen LogP contribution in [0.1, 0.15) is 37.8 Å². The number of carbonyl (C=O) groups excluding carboxylic acids is 2. The van der Waals surface area contributed by atoms with Crippen LogP contribution in [0.15, 0.2) is 24.4 Å². The minimum absolute atomic E-state index is 0.0198. The predicted molar refractivity (Wildman–Crippen MR) is 91.7 cm³/mol. The molecule has 2 amide bonds. The molecule has 2 saturated heterocycles. The summed E-state index contributed by atoms with van der Waals surface area (Å²) in [6, 6.07) is 6.07. The largest absolute Gasteiger partial charge is 0.350 e. The van der Waals surface area contributed by atoms with Gasteiger partial charge >= 0.3 is 0 Å². The summed E-state index contributed by atoms with van der Waals surface area (Å²) >= 11 is 0. The van der Waals surface area contributed by atoms with Gasteiger partial charge in [0.15, 0.2) is 0 Å². The summed E-state index contributed by atoms with van der Waals surface area (Å²) in [6.07, 6.45) is 6.78. The number of amides is 2. The number of fused-ring (bicyclic) bond motifs is 1. The zero-order valence-electron chi connectivity index (χ0n) is 14.3. The van der Waals surface area contributed by atoms with Crippen LogP contribution in [0.3, 0.4) is 0 Å². The maximum atomic E-state index is 12.5. The summed E-state index contributed by atoms with van der Waals surface area (Å²) in [5.41, 5.74) is 7.47. The molecule has 7 nitrogen and oxygen atoms in total. The Kier molecular flexibility index (Phi) is 4.67. The van der Waals surface area contributed by atoms with Crippen LogP contribution < -0.4 is 16.2 Å². The van der Waals surface area contributed by atoms with Crippen molar-refractivity contribution >= 4 is 11.8 Å². The maximum Gasteiger partial charge on any atom is 0.225 e. The van der Waals surface area contributed by atoms with E-state index in [0.29, 0.717) is 31.5 Å². The number of hydrogen-bond donors (Lipinski definition) is 3. The van der Waals surface area contributed by atoms with E-state index in [0.717, 1.165) is 18.5 Å². The highest BCUT2D eigenvalue weighted by atomic mass is 16.2. The van der Waals surface area contributed by atoms with Crippen molar-refractivity contribution in [3.63, 3.8) is 0 Å². The number of likely N-dealkylation sites (tertiary alicyclic amines) is 1. The summed E-state index contributed by atoms with van der Waals surface area (Å²) in [5, 5.41) is 2.91. The van der Waals surface area contributed by atoms with E-state index >= 15 is 0 Å². The molecule has 1 aromatic rings. The van der Waals surface area contributed by atoms with Crippen molar-refractivity contribution < 1.29 is 9.59 Å². The molecule has 0 spiro atoms. The molecule has 3 aliphatic rings. The van der Waals surface area contributed by atoms with Crippen molar-refractivity contribution in [2.75, 3.05) is 6.54 Å². The van der Waals surface area contributed by atoms with Crippen LogP contribution in [0, 0.1) is 11.8 Å². The predicted octanol–water partition coefficient (Wildman–Crippen LogP) is 0.539. The topological polar surface area (TPSA) is 86.4 Å². The second kappa shape index (κ2) is 7.09. The first-order valence-electron chi connectivity index (χ1n) is 9.20. The van der Waals surface area contributed by atoms with Crippen LogP contribution >= 0.6 is 0 Å². The van der Waals surface area contributed by atoms with E-state index in [-0.39, 0.29) is 23.9 Å². The SMILES string of the molecule is O=C(NCc1ccccn1)C1CC(=O)N(C2NNC3CCCCC32)C1. The van der Waals surface area contributed by atoms with Gasteiger partial charge in [-0.15, -0.1) is 0 Å². The number of nitrogens with zero attached hydrogens (tertiary/aromatic N) is 2. The number of nitrogens with one attached hydrogen (secondary N) is 3. The zero-order chi connectivity index (χ0) is 17.2. The lowest BCUT2D eigenvalue weighted by molar-refractivity contribution is -0.131. The number of pyridine rings is 1. The molecule has 3 N–H and O–H groups in total. The average Bonchev–Trinajstić information content (AvgIpc) is 3.24. The lowest BCUT2D eigenvalue weighted by Gasteiger charge is -2.32. The molecule has 2 aliphatic heterocycles. The van der Waals surface area contributed by atoms with Gasteiger partial charge in [0.1, 0.15) is 0 Å². The van der Waals surface area contributed by atoms with Gasteiger partial charge in [-0.25, -0.2) is 5.43 Å². The minimum Gasteiger partial charge on any atom is -0.350 e. The molecule has 25 heavy (non-hydrogen) atoms. The van der Waals surface area contributed by atoms with Crippen molar-refractivity contribution in [1.82, 2.24) is 26.1 Å². The van der Waals surface area contributed by atoms with E-state index in [1.165, 1.54) is 12.8 Å². The first-order chi connectivity index (χ1) is 12.2. The Bertz CT molecular complexity index is 638. The number of hydrogen-bond acceptors (Lipinski definition) is 5. The zero-order valence-corrected chi connectivity index (χ0v) is 14.3. The van der Waals surface area contributed by atoms with E-state index in [2.05, 4.69) is 21.2 Å². The second-order valence-corrected chi connectivity index (χ2v) is 7.27. The lowest BCUT2D eigenvalue weighted by Crippen LogP contribution is -2.48.